The number of sulfonamides is 1. The standard InChI is InChI=1S/C14H17N3O2S/c1-11-13(15)6-3-7-14(11)20(18,19)17(2)10-12-5-4-8-16-9-12/h3-9H,10,15H2,1-2H3. The van der Waals surface area contributed by atoms with Gasteiger partial charge in [0.2, 0.25) is 10.0 Å². The van der Waals surface area contributed by atoms with Crippen LogP contribution in [-0.2, 0) is 16.6 Å². The Kier molecular flexibility index (Phi) is 4.06. The zero-order chi connectivity index (χ0) is 14.8. The molecule has 0 amide bonds. The van der Waals surface area contributed by atoms with Crippen molar-refractivity contribution in [2.45, 2.75) is 18.4 Å². The van der Waals surface area contributed by atoms with Crippen molar-refractivity contribution in [3.63, 3.8) is 0 Å². The Hall–Kier alpha value is -1.92. The summed E-state index contributed by atoms with van der Waals surface area (Å²) in [6, 6.07) is 8.52. The first-order chi connectivity index (χ1) is 9.43. The van der Waals surface area contributed by atoms with E-state index < -0.39 is 10.0 Å². The average molecular weight is 291 g/mol. The summed E-state index contributed by atoms with van der Waals surface area (Å²) >= 11 is 0. The maximum atomic E-state index is 12.6. The van der Waals surface area contributed by atoms with Gasteiger partial charge in [0.15, 0.2) is 0 Å². The van der Waals surface area contributed by atoms with E-state index >= 15 is 0 Å². The highest BCUT2D eigenvalue weighted by atomic mass is 32.2. The number of aromatic nitrogens is 1. The maximum absolute atomic E-state index is 12.6. The topological polar surface area (TPSA) is 76.3 Å². The molecule has 20 heavy (non-hydrogen) atoms. The van der Waals surface area contributed by atoms with Crippen molar-refractivity contribution < 1.29 is 8.42 Å². The molecule has 0 aliphatic carbocycles. The van der Waals surface area contributed by atoms with Gasteiger partial charge in [-0.05, 0) is 36.2 Å². The summed E-state index contributed by atoms with van der Waals surface area (Å²) in [6.07, 6.45) is 3.30. The Morgan fingerprint density at radius 3 is 2.65 bits per heavy atom. The molecule has 2 N–H and O–H groups in total. The van der Waals surface area contributed by atoms with Crippen molar-refractivity contribution >= 4 is 15.7 Å². The lowest BCUT2D eigenvalue weighted by Gasteiger charge is -2.19. The summed E-state index contributed by atoms with van der Waals surface area (Å²) < 4.78 is 26.4. The van der Waals surface area contributed by atoms with Crippen molar-refractivity contribution in [1.82, 2.24) is 9.29 Å². The summed E-state index contributed by atoms with van der Waals surface area (Å²) in [5.74, 6) is 0. The zero-order valence-electron chi connectivity index (χ0n) is 11.4. The fourth-order valence-electron chi connectivity index (χ4n) is 1.91. The predicted molar refractivity (Wildman–Crippen MR) is 78.5 cm³/mol. The second kappa shape index (κ2) is 5.60. The molecule has 0 unspecified atom stereocenters. The molecule has 0 saturated carbocycles. The molecule has 0 spiro atoms. The van der Waals surface area contributed by atoms with Gasteiger partial charge >= 0.3 is 0 Å². The normalized spacial score (nSPS) is 11.8. The zero-order valence-corrected chi connectivity index (χ0v) is 12.3. The molecule has 106 valence electrons. The van der Waals surface area contributed by atoms with Crippen LogP contribution in [0, 0.1) is 6.92 Å². The summed E-state index contributed by atoms with van der Waals surface area (Å²) in [5, 5.41) is 0. The molecule has 2 rings (SSSR count). The lowest BCUT2D eigenvalue weighted by atomic mass is 10.2. The van der Waals surface area contributed by atoms with E-state index in [4.69, 9.17) is 5.73 Å². The van der Waals surface area contributed by atoms with Crippen LogP contribution in [0.1, 0.15) is 11.1 Å². The van der Waals surface area contributed by atoms with Crippen LogP contribution in [0.3, 0.4) is 0 Å². The summed E-state index contributed by atoms with van der Waals surface area (Å²) in [7, 11) is -2.02. The minimum absolute atomic E-state index is 0.240. The summed E-state index contributed by atoms with van der Waals surface area (Å²) in [4.78, 5) is 4.22. The third-order valence-corrected chi connectivity index (χ3v) is 5.09. The molecule has 0 atom stereocenters. The van der Waals surface area contributed by atoms with Gasteiger partial charge in [-0.2, -0.15) is 4.31 Å². The Morgan fingerprint density at radius 2 is 2.00 bits per heavy atom. The van der Waals surface area contributed by atoms with Gasteiger partial charge in [-0.25, -0.2) is 8.42 Å². The molecule has 6 heteroatoms. The van der Waals surface area contributed by atoms with E-state index in [1.54, 1.807) is 50.6 Å². The summed E-state index contributed by atoms with van der Waals surface area (Å²) in [5.41, 5.74) is 7.66. The Morgan fingerprint density at radius 1 is 1.25 bits per heavy atom. The van der Waals surface area contributed by atoms with Crippen LogP contribution in [0.15, 0.2) is 47.6 Å². The smallest absolute Gasteiger partial charge is 0.243 e. The van der Waals surface area contributed by atoms with Gasteiger partial charge in [-0.3, -0.25) is 4.98 Å². The second-order valence-electron chi connectivity index (χ2n) is 4.59. The van der Waals surface area contributed by atoms with Crippen LogP contribution in [0.25, 0.3) is 0 Å². The lowest BCUT2D eigenvalue weighted by molar-refractivity contribution is 0.466. The molecule has 1 heterocycles. The molecule has 0 radical (unpaired) electrons. The SMILES string of the molecule is Cc1c(N)cccc1S(=O)(=O)N(C)Cc1cccnc1. The van der Waals surface area contributed by atoms with E-state index in [0.29, 0.717) is 11.3 Å². The number of benzene rings is 1. The van der Waals surface area contributed by atoms with E-state index in [2.05, 4.69) is 4.98 Å². The van der Waals surface area contributed by atoms with Crippen LogP contribution in [0.2, 0.25) is 0 Å². The number of hydrogen-bond acceptors (Lipinski definition) is 4. The van der Waals surface area contributed by atoms with Crippen LogP contribution < -0.4 is 5.73 Å². The van der Waals surface area contributed by atoms with Gasteiger partial charge in [0.05, 0.1) is 4.90 Å². The van der Waals surface area contributed by atoms with Crippen molar-refractivity contribution in [3.8, 4) is 0 Å². The van der Waals surface area contributed by atoms with Gasteiger partial charge < -0.3 is 5.73 Å². The van der Waals surface area contributed by atoms with Crippen LogP contribution in [0.4, 0.5) is 5.69 Å². The number of pyridine rings is 1. The van der Waals surface area contributed by atoms with E-state index in [1.165, 1.54) is 4.31 Å². The van der Waals surface area contributed by atoms with E-state index in [1.807, 2.05) is 6.07 Å². The molecule has 0 saturated heterocycles. The third kappa shape index (κ3) is 2.81. The first-order valence-corrected chi connectivity index (χ1v) is 7.57. The van der Waals surface area contributed by atoms with E-state index in [9.17, 15) is 8.42 Å². The van der Waals surface area contributed by atoms with Crippen LogP contribution in [0.5, 0.6) is 0 Å². The van der Waals surface area contributed by atoms with Crippen molar-refractivity contribution in [1.29, 1.82) is 0 Å². The Bertz CT molecular complexity index is 700. The molecular weight excluding hydrogens is 274 g/mol. The van der Waals surface area contributed by atoms with Crippen molar-refractivity contribution in [2.75, 3.05) is 12.8 Å². The minimum atomic E-state index is -3.56. The Balaban J connectivity index is 2.33. The average Bonchev–Trinajstić information content (AvgIpc) is 2.42. The molecule has 1 aromatic heterocycles. The monoisotopic (exact) mass is 291 g/mol. The molecule has 0 fully saturated rings. The van der Waals surface area contributed by atoms with E-state index in [-0.39, 0.29) is 11.4 Å². The Labute approximate surface area is 119 Å². The first kappa shape index (κ1) is 14.5. The fourth-order valence-corrected chi connectivity index (χ4v) is 3.32. The predicted octanol–water partition coefficient (Wildman–Crippen LogP) is 1.79. The minimum Gasteiger partial charge on any atom is -0.398 e. The van der Waals surface area contributed by atoms with Crippen molar-refractivity contribution in [3.05, 3.63) is 53.9 Å². The largest absolute Gasteiger partial charge is 0.398 e. The molecule has 1 aromatic carbocycles. The van der Waals surface area contributed by atoms with Gasteiger partial charge in [-0.15, -0.1) is 0 Å². The number of nitrogen functional groups attached to an aromatic ring is 1. The fraction of sp³-hybridized carbons (Fsp3) is 0.214. The third-order valence-electron chi connectivity index (χ3n) is 3.14. The van der Waals surface area contributed by atoms with Gasteiger partial charge in [0.25, 0.3) is 0 Å². The lowest BCUT2D eigenvalue weighted by Crippen LogP contribution is -2.27. The highest BCUT2D eigenvalue weighted by Gasteiger charge is 2.23. The van der Waals surface area contributed by atoms with Crippen LogP contribution in [-0.4, -0.2) is 24.8 Å². The number of hydrogen-bond donors (Lipinski definition) is 1. The molecule has 2 aromatic rings. The van der Waals surface area contributed by atoms with Gasteiger partial charge in [0, 0.05) is 31.7 Å². The number of rotatable bonds is 4. The van der Waals surface area contributed by atoms with Gasteiger partial charge in [0.1, 0.15) is 0 Å². The molecule has 0 aliphatic rings. The molecule has 0 bridgehead atoms. The number of anilines is 1. The number of nitrogens with two attached hydrogens (primary N) is 1. The molecule has 5 nitrogen and oxygen atoms in total. The molecular formula is C14H17N3O2S. The van der Waals surface area contributed by atoms with Gasteiger partial charge in [-0.1, -0.05) is 12.1 Å². The summed E-state index contributed by atoms with van der Waals surface area (Å²) in [6.45, 7) is 1.98. The maximum Gasteiger partial charge on any atom is 0.243 e. The first-order valence-electron chi connectivity index (χ1n) is 6.13. The van der Waals surface area contributed by atoms with Crippen molar-refractivity contribution in [2.24, 2.45) is 0 Å². The second-order valence-corrected chi connectivity index (χ2v) is 6.61. The van der Waals surface area contributed by atoms with E-state index in [0.717, 1.165) is 5.56 Å². The highest BCUT2D eigenvalue weighted by Crippen LogP contribution is 2.24. The molecule has 0 aliphatic heterocycles. The van der Waals surface area contributed by atoms with Crippen LogP contribution >= 0.6 is 0 Å². The quantitative estimate of drug-likeness (QED) is 0.871. The number of nitrogens with zero attached hydrogens (tertiary/aromatic N) is 2. The highest BCUT2D eigenvalue weighted by molar-refractivity contribution is 7.89.